The van der Waals surface area contributed by atoms with Crippen LogP contribution in [0.1, 0.15) is 11.1 Å². The molecule has 2 heterocycles. The topological polar surface area (TPSA) is 73.3 Å². The van der Waals surface area contributed by atoms with Gasteiger partial charge < -0.3 is 14.8 Å². The SMILES string of the molecule is O=C(COc1ccc(C(F)(F)F)cc1)Nc1ncccc1OCc1ccncc1. The van der Waals surface area contributed by atoms with Crippen LogP contribution in [0.15, 0.2) is 67.1 Å². The molecule has 0 spiro atoms. The number of amides is 1. The number of benzene rings is 1. The molecule has 0 aliphatic heterocycles. The molecule has 29 heavy (non-hydrogen) atoms. The number of nitrogens with one attached hydrogen (secondary N) is 1. The van der Waals surface area contributed by atoms with Crippen molar-refractivity contribution in [2.24, 2.45) is 0 Å². The maximum Gasteiger partial charge on any atom is 0.416 e. The summed E-state index contributed by atoms with van der Waals surface area (Å²) in [4.78, 5) is 20.1. The molecular weight excluding hydrogens is 387 g/mol. The first-order valence-electron chi connectivity index (χ1n) is 8.48. The van der Waals surface area contributed by atoms with Crippen molar-refractivity contribution < 1.29 is 27.4 Å². The summed E-state index contributed by atoms with van der Waals surface area (Å²) < 4.78 is 48.6. The molecule has 150 valence electrons. The number of alkyl halides is 3. The van der Waals surface area contributed by atoms with E-state index in [1.54, 1.807) is 36.7 Å². The van der Waals surface area contributed by atoms with Crippen LogP contribution in [0.3, 0.4) is 0 Å². The molecule has 1 N–H and O–H groups in total. The average molecular weight is 403 g/mol. The van der Waals surface area contributed by atoms with Crippen molar-refractivity contribution in [3.8, 4) is 11.5 Å². The predicted molar refractivity (Wildman–Crippen MR) is 98.4 cm³/mol. The number of rotatable bonds is 7. The molecule has 1 aromatic carbocycles. The molecule has 3 aromatic rings. The van der Waals surface area contributed by atoms with Gasteiger partial charge in [0.05, 0.1) is 5.56 Å². The van der Waals surface area contributed by atoms with E-state index in [1.807, 2.05) is 0 Å². The van der Waals surface area contributed by atoms with Gasteiger partial charge in [0.2, 0.25) is 0 Å². The minimum absolute atomic E-state index is 0.142. The number of hydrogen-bond acceptors (Lipinski definition) is 5. The van der Waals surface area contributed by atoms with Gasteiger partial charge in [-0.3, -0.25) is 9.78 Å². The molecule has 9 heteroatoms. The highest BCUT2D eigenvalue weighted by molar-refractivity contribution is 5.92. The molecule has 0 aliphatic rings. The van der Waals surface area contributed by atoms with E-state index < -0.39 is 24.3 Å². The number of carbonyl (C=O) groups excluding carboxylic acids is 1. The Bertz CT molecular complexity index is 948. The molecule has 1 amide bonds. The third-order valence-electron chi connectivity index (χ3n) is 3.72. The van der Waals surface area contributed by atoms with Crippen molar-refractivity contribution in [2.45, 2.75) is 12.8 Å². The number of anilines is 1. The molecule has 0 saturated heterocycles. The van der Waals surface area contributed by atoms with Crippen molar-refractivity contribution in [3.05, 3.63) is 78.2 Å². The first-order chi connectivity index (χ1) is 13.9. The Morgan fingerprint density at radius 3 is 2.38 bits per heavy atom. The monoisotopic (exact) mass is 403 g/mol. The summed E-state index contributed by atoms with van der Waals surface area (Å²) in [6.45, 7) is -0.134. The highest BCUT2D eigenvalue weighted by Gasteiger charge is 2.30. The zero-order valence-electron chi connectivity index (χ0n) is 15.0. The van der Waals surface area contributed by atoms with Crippen LogP contribution in [0.25, 0.3) is 0 Å². The Hall–Kier alpha value is -3.62. The molecule has 0 radical (unpaired) electrons. The Labute approximate surface area is 164 Å². The summed E-state index contributed by atoms with van der Waals surface area (Å²) in [5.74, 6) is 0.190. The first-order valence-corrected chi connectivity index (χ1v) is 8.48. The minimum atomic E-state index is -4.43. The second kappa shape index (κ2) is 9.05. The lowest BCUT2D eigenvalue weighted by molar-refractivity contribution is -0.137. The van der Waals surface area contributed by atoms with Gasteiger partial charge in [0.1, 0.15) is 12.4 Å². The quantitative estimate of drug-likeness (QED) is 0.643. The zero-order valence-corrected chi connectivity index (χ0v) is 15.0. The van der Waals surface area contributed by atoms with Gasteiger partial charge in [0.25, 0.3) is 5.91 Å². The van der Waals surface area contributed by atoms with E-state index in [1.165, 1.54) is 6.20 Å². The van der Waals surface area contributed by atoms with Crippen LogP contribution >= 0.6 is 0 Å². The Kier molecular flexibility index (Phi) is 6.28. The fraction of sp³-hybridized carbons (Fsp3) is 0.150. The van der Waals surface area contributed by atoms with Crippen LogP contribution in [-0.4, -0.2) is 22.5 Å². The van der Waals surface area contributed by atoms with Crippen LogP contribution in [0.5, 0.6) is 11.5 Å². The average Bonchev–Trinajstić information content (AvgIpc) is 2.72. The number of aromatic nitrogens is 2. The highest BCUT2D eigenvalue weighted by atomic mass is 19.4. The maximum absolute atomic E-state index is 12.6. The minimum Gasteiger partial charge on any atom is -0.485 e. The molecule has 0 bridgehead atoms. The Morgan fingerprint density at radius 2 is 1.69 bits per heavy atom. The van der Waals surface area contributed by atoms with Crippen molar-refractivity contribution in [1.29, 1.82) is 0 Å². The van der Waals surface area contributed by atoms with Gasteiger partial charge in [0, 0.05) is 18.6 Å². The van der Waals surface area contributed by atoms with Gasteiger partial charge in [-0.15, -0.1) is 0 Å². The lowest BCUT2D eigenvalue weighted by Gasteiger charge is -2.12. The third-order valence-corrected chi connectivity index (χ3v) is 3.72. The highest BCUT2D eigenvalue weighted by Crippen LogP contribution is 2.30. The third kappa shape index (κ3) is 5.93. The molecule has 6 nitrogen and oxygen atoms in total. The lowest BCUT2D eigenvalue weighted by atomic mass is 10.2. The van der Waals surface area contributed by atoms with E-state index >= 15 is 0 Å². The maximum atomic E-state index is 12.6. The van der Waals surface area contributed by atoms with E-state index in [4.69, 9.17) is 9.47 Å². The van der Waals surface area contributed by atoms with Gasteiger partial charge >= 0.3 is 6.18 Å². The van der Waals surface area contributed by atoms with E-state index in [9.17, 15) is 18.0 Å². The molecule has 3 rings (SSSR count). The van der Waals surface area contributed by atoms with Crippen LogP contribution in [0, 0.1) is 0 Å². The van der Waals surface area contributed by atoms with Crippen molar-refractivity contribution in [2.75, 3.05) is 11.9 Å². The molecule has 2 aromatic heterocycles. The second-order valence-electron chi connectivity index (χ2n) is 5.85. The molecule has 0 atom stereocenters. The van der Waals surface area contributed by atoms with E-state index in [0.717, 1.165) is 29.8 Å². The van der Waals surface area contributed by atoms with Crippen LogP contribution in [0.4, 0.5) is 19.0 Å². The van der Waals surface area contributed by atoms with Crippen molar-refractivity contribution >= 4 is 11.7 Å². The second-order valence-corrected chi connectivity index (χ2v) is 5.85. The number of pyridine rings is 2. The predicted octanol–water partition coefficient (Wildman–Crippen LogP) is 4.09. The Morgan fingerprint density at radius 1 is 0.966 bits per heavy atom. The van der Waals surface area contributed by atoms with E-state index in [0.29, 0.717) is 5.75 Å². The van der Waals surface area contributed by atoms with Crippen molar-refractivity contribution in [3.63, 3.8) is 0 Å². The summed E-state index contributed by atoms with van der Waals surface area (Å²) in [7, 11) is 0. The number of nitrogens with zero attached hydrogens (tertiary/aromatic N) is 2. The van der Waals surface area contributed by atoms with E-state index in [2.05, 4.69) is 15.3 Å². The molecule has 0 unspecified atom stereocenters. The number of halogens is 3. The number of ether oxygens (including phenoxy) is 2. The molecular formula is C20H16F3N3O3. The van der Waals surface area contributed by atoms with Gasteiger partial charge in [-0.05, 0) is 54.1 Å². The largest absolute Gasteiger partial charge is 0.485 e. The summed E-state index contributed by atoms with van der Waals surface area (Å²) in [6, 6.07) is 11.0. The Balaban J connectivity index is 1.55. The zero-order chi connectivity index (χ0) is 20.7. The van der Waals surface area contributed by atoms with Crippen LogP contribution in [0.2, 0.25) is 0 Å². The lowest BCUT2D eigenvalue weighted by Crippen LogP contribution is -2.21. The van der Waals surface area contributed by atoms with E-state index in [-0.39, 0.29) is 18.2 Å². The van der Waals surface area contributed by atoms with Gasteiger partial charge in [-0.25, -0.2) is 4.98 Å². The summed E-state index contributed by atoms with van der Waals surface area (Å²) in [5.41, 5.74) is 0.102. The van der Waals surface area contributed by atoms with Crippen molar-refractivity contribution in [1.82, 2.24) is 9.97 Å². The molecule has 0 aliphatic carbocycles. The number of hydrogen-bond donors (Lipinski definition) is 1. The normalized spacial score (nSPS) is 11.0. The standard InChI is InChI=1S/C20H16F3N3O3/c21-20(22,23)15-3-5-16(6-4-15)28-13-18(27)26-19-17(2-1-9-25-19)29-12-14-7-10-24-11-8-14/h1-11H,12-13H2,(H,25,26,27). The van der Waals surface area contributed by atoms with Gasteiger partial charge in [-0.2, -0.15) is 13.2 Å². The van der Waals surface area contributed by atoms with Gasteiger partial charge in [0.15, 0.2) is 18.2 Å². The summed E-state index contributed by atoms with van der Waals surface area (Å²) in [5, 5.41) is 2.56. The smallest absolute Gasteiger partial charge is 0.416 e. The molecule has 0 saturated carbocycles. The fourth-order valence-corrected chi connectivity index (χ4v) is 2.30. The first kappa shape index (κ1) is 20.1. The summed E-state index contributed by atoms with van der Waals surface area (Å²) >= 11 is 0. The molecule has 0 fully saturated rings. The number of carbonyl (C=O) groups is 1. The van der Waals surface area contributed by atoms with Crippen LogP contribution in [-0.2, 0) is 17.6 Å². The summed E-state index contributed by atoms with van der Waals surface area (Å²) in [6.07, 6.45) is 0.347. The van der Waals surface area contributed by atoms with Crippen LogP contribution < -0.4 is 14.8 Å². The van der Waals surface area contributed by atoms with Gasteiger partial charge in [-0.1, -0.05) is 0 Å². The fourth-order valence-electron chi connectivity index (χ4n) is 2.30.